The predicted octanol–water partition coefficient (Wildman–Crippen LogP) is 5.47. The van der Waals surface area contributed by atoms with Gasteiger partial charge in [-0.2, -0.15) is 4.31 Å². The Kier molecular flexibility index (Phi) is 10.6. The van der Waals surface area contributed by atoms with Crippen molar-refractivity contribution in [2.45, 2.75) is 62.0 Å². The average molecular weight is 661 g/mol. The molecule has 0 radical (unpaired) electrons. The molecule has 1 aliphatic carbocycles. The molecule has 2 aliphatic heterocycles. The lowest BCUT2D eigenvalue weighted by molar-refractivity contribution is -0.153. The van der Waals surface area contributed by atoms with Crippen molar-refractivity contribution in [3.63, 3.8) is 0 Å². The van der Waals surface area contributed by atoms with Gasteiger partial charge in [-0.25, -0.2) is 8.42 Å². The highest BCUT2D eigenvalue weighted by atomic mass is 32.2. The van der Waals surface area contributed by atoms with Crippen LogP contribution >= 0.6 is 0 Å². The highest BCUT2D eigenvalue weighted by Gasteiger charge is 2.34. The van der Waals surface area contributed by atoms with Crippen LogP contribution < -0.4 is 4.74 Å². The number of carbonyl (C=O) groups is 1. The zero-order chi connectivity index (χ0) is 32.8. The molecule has 9 nitrogen and oxygen atoms in total. The number of aliphatic hydroxyl groups is 1. The first-order valence-corrected chi connectivity index (χ1v) is 18.1. The highest BCUT2D eigenvalue weighted by Crippen LogP contribution is 2.43. The largest absolute Gasteiger partial charge is 0.497 e. The van der Waals surface area contributed by atoms with Gasteiger partial charge in [-0.1, -0.05) is 61.7 Å². The maximum Gasteiger partial charge on any atom is 0.288 e. The number of rotatable bonds is 11. The van der Waals surface area contributed by atoms with Gasteiger partial charge in [0.05, 0.1) is 25.2 Å². The van der Waals surface area contributed by atoms with Gasteiger partial charge in [0.2, 0.25) is 16.3 Å². The van der Waals surface area contributed by atoms with Crippen LogP contribution in [-0.4, -0.2) is 81.4 Å². The number of fused-ring (bicyclic) bond motifs is 3. The minimum absolute atomic E-state index is 0.00854. The number of likely N-dealkylation sites (tertiary alicyclic amines) is 1. The van der Waals surface area contributed by atoms with Gasteiger partial charge < -0.3 is 24.2 Å². The van der Waals surface area contributed by atoms with Crippen molar-refractivity contribution in [3.05, 3.63) is 95.3 Å². The Balaban J connectivity index is 1.22. The monoisotopic (exact) mass is 660 g/mol. The van der Waals surface area contributed by atoms with E-state index in [1.54, 1.807) is 12.1 Å². The fourth-order valence-corrected chi connectivity index (χ4v) is 8.32. The van der Waals surface area contributed by atoms with Crippen LogP contribution in [0.4, 0.5) is 0 Å². The Hall–Kier alpha value is -3.70. The molecular weight excluding hydrogens is 616 g/mol. The molecule has 2 atom stereocenters. The lowest BCUT2D eigenvalue weighted by Gasteiger charge is -2.33. The van der Waals surface area contributed by atoms with Gasteiger partial charge in [-0.3, -0.25) is 4.79 Å². The van der Waals surface area contributed by atoms with E-state index >= 15 is 0 Å². The van der Waals surface area contributed by atoms with Gasteiger partial charge in [0.1, 0.15) is 5.75 Å². The van der Waals surface area contributed by atoms with Crippen molar-refractivity contribution in [2.75, 3.05) is 46.5 Å². The first-order valence-electron chi connectivity index (χ1n) is 16.6. The van der Waals surface area contributed by atoms with Crippen LogP contribution in [0, 0.1) is 0 Å². The van der Waals surface area contributed by atoms with E-state index in [0.717, 1.165) is 37.7 Å². The van der Waals surface area contributed by atoms with E-state index in [9.17, 15) is 18.3 Å². The highest BCUT2D eigenvalue weighted by molar-refractivity contribution is 7.89. The number of methoxy groups -OCH3 is 1. The fourth-order valence-electron chi connectivity index (χ4n) is 6.91. The van der Waals surface area contributed by atoms with Crippen LogP contribution in [-0.2, 0) is 30.7 Å². The summed E-state index contributed by atoms with van der Waals surface area (Å²) in [6.07, 6.45) is 7.87. The Labute approximate surface area is 277 Å². The molecule has 0 saturated carbocycles. The number of carbonyl (C=O) groups excluding carboxylic acids is 1. The van der Waals surface area contributed by atoms with Gasteiger partial charge >= 0.3 is 0 Å². The number of sulfonamides is 1. The zero-order valence-corrected chi connectivity index (χ0v) is 27.8. The molecule has 1 saturated heterocycles. The summed E-state index contributed by atoms with van der Waals surface area (Å²) in [5.74, 6) is 0.596. The van der Waals surface area contributed by atoms with E-state index in [1.165, 1.54) is 52.2 Å². The van der Waals surface area contributed by atoms with Crippen LogP contribution in [0.15, 0.2) is 83.5 Å². The molecule has 2 heterocycles. The molecule has 2 unspecified atom stereocenters. The van der Waals surface area contributed by atoms with E-state index in [0.29, 0.717) is 25.3 Å². The molecular formula is C37H44N2O7S. The topological polar surface area (TPSA) is 106 Å². The van der Waals surface area contributed by atoms with E-state index in [-0.39, 0.29) is 48.8 Å². The molecule has 3 aliphatic rings. The SMILES string of the molecule is COc1ccc(S(=O)(=O)N(CCO)CCOC2CC(c3cccc4c3Cc3ccccc3-4)C=C(C(=O)N3CCCCCCC3)O2)cc1. The van der Waals surface area contributed by atoms with Crippen LogP contribution in [0.1, 0.15) is 61.1 Å². The summed E-state index contributed by atoms with van der Waals surface area (Å²) in [5, 5.41) is 9.70. The molecule has 0 bridgehead atoms. The number of hydrogen-bond donors (Lipinski definition) is 1. The summed E-state index contributed by atoms with van der Waals surface area (Å²) in [6.45, 7) is 1.01. The van der Waals surface area contributed by atoms with Gasteiger partial charge in [-0.05, 0) is 77.4 Å². The van der Waals surface area contributed by atoms with Crippen LogP contribution in [0.25, 0.3) is 11.1 Å². The summed E-state index contributed by atoms with van der Waals surface area (Å²) in [7, 11) is -2.38. The molecule has 6 rings (SSSR count). The number of aliphatic hydroxyl groups excluding tert-OH is 1. The zero-order valence-electron chi connectivity index (χ0n) is 27.0. The van der Waals surface area contributed by atoms with Crippen molar-refractivity contribution in [1.82, 2.24) is 9.21 Å². The third kappa shape index (κ3) is 7.41. The molecule has 0 aromatic heterocycles. The normalized spacial score (nSPS) is 19.6. The molecule has 1 amide bonds. The quantitative estimate of drug-likeness (QED) is 0.227. The summed E-state index contributed by atoms with van der Waals surface area (Å²) >= 11 is 0. The molecule has 1 N–H and O–H groups in total. The second-order valence-corrected chi connectivity index (χ2v) is 14.3. The third-order valence-electron chi connectivity index (χ3n) is 9.39. The average Bonchev–Trinajstić information content (AvgIpc) is 3.46. The summed E-state index contributed by atoms with van der Waals surface area (Å²) in [4.78, 5) is 15.9. The van der Waals surface area contributed by atoms with Crippen molar-refractivity contribution < 1.29 is 32.5 Å². The molecule has 3 aromatic rings. The smallest absolute Gasteiger partial charge is 0.288 e. The summed E-state index contributed by atoms with van der Waals surface area (Å²) in [5.41, 5.74) is 6.16. The van der Waals surface area contributed by atoms with Crippen LogP contribution in [0.3, 0.4) is 0 Å². The molecule has 10 heteroatoms. The summed E-state index contributed by atoms with van der Waals surface area (Å²) in [6, 6.07) is 21.0. The number of hydrogen-bond acceptors (Lipinski definition) is 7. The van der Waals surface area contributed by atoms with Gasteiger partial charge in [0.25, 0.3) is 5.91 Å². The Morgan fingerprint density at radius 3 is 2.40 bits per heavy atom. The predicted molar refractivity (Wildman–Crippen MR) is 179 cm³/mol. The van der Waals surface area contributed by atoms with Crippen LogP contribution in [0.5, 0.6) is 5.75 Å². The first-order chi connectivity index (χ1) is 22.9. The molecule has 250 valence electrons. The molecule has 1 fully saturated rings. The van der Waals surface area contributed by atoms with Gasteiger partial charge in [-0.15, -0.1) is 0 Å². The summed E-state index contributed by atoms with van der Waals surface area (Å²) < 4.78 is 45.7. The maximum absolute atomic E-state index is 13.9. The van der Waals surface area contributed by atoms with E-state index in [4.69, 9.17) is 14.2 Å². The van der Waals surface area contributed by atoms with Crippen LogP contribution in [0.2, 0.25) is 0 Å². The van der Waals surface area contributed by atoms with Crippen molar-refractivity contribution in [3.8, 4) is 16.9 Å². The number of benzene rings is 3. The van der Waals surface area contributed by atoms with E-state index < -0.39 is 16.3 Å². The second-order valence-electron chi connectivity index (χ2n) is 12.4. The number of amides is 1. The molecule has 0 spiro atoms. The maximum atomic E-state index is 13.9. The third-order valence-corrected chi connectivity index (χ3v) is 11.3. The van der Waals surface area contributed by atoms with Gasteiger partial charge in [0.15, 0.2) is 5.76 Å². The second kappa shape index (κ2) is 15.0. The van der Waals surface area contributed by atoms with E-state index in [2.05, 4.69) is 42.5 Å². The lowest BCUT2D eigenvalue weighted by atomic mass is 9.87. The van der Waals surface area contributed by atoms with Crippen molar-refractivity contribution >= 4 is 15.9 Å². The Bertz CT molecular complexity index is 1680. The van der Waals surface area contributed by atoms with Gasteiger partial charge in [0, 0.05) is 38.5 Å². The van der Waals surface area contributed by atoms with Crippen molar-refractivity contribution in [2.24, 2.45) is 0 Å². The fraction of sp³-hybridized carbons (Fsp3) is 0.432. The number of ether oxygens (including phenoxy) is 3. The van der Waals surface area contributed by atoms with E-state index in [1.807, 2.05) is 11.0 Å². The minimum Gasteiger partial charge on any atom is -0.497 e. The number of nitrogens with zero attached hydrogens (tertiary/aromatic N) is 2. The lowest BCUT2D eigenvalue weighted by Crippen LogP contribution is -2.39. The Morgan fingerprint density at radius 2 is 1.66 bits per heavy atom. The molecule has 3 aromatic carbocycles. The number of allylic oxidation sites excluding steroid dienone is 1. The minimum atomic E-state index is -3.90. The Morgan fingerprint density at radius 1 is 0.936 bits per heavy atom. The first kappa shape index (κ1) is 33.2. The standard InChI is InChI=1S/C37H44N2O7S/c1-44-29-14-16-30(17-15-29)47(42,43)39(20-22-40)21-23-45-36-26-28(25-35(46-36)37(41)38-18-7-3-2-4-8-19-38)32-12-9-13-33-31-11-6-5-10-27(31)24-34(32)33/h5-6,9-17,25,28,36,40H,2-4,7-8,18-24,26H2,1H3. The molecule has 47 heavy (non-hydrogen) atoms. The van der Waals surface area contributed by atoms with Crippen molar-refractivity contribution in [1.29, 1.82) is 0 Å².